The van der Waals surface area contributed by atoms with Crippen LogP contribution in [0.25, 0.3) is 22.0 Å². The number of anilines is 2. The van der Waals surface area contributed by atoms with E-state index in [2.05, 4.69) is 20.7 Å². The molecule has 9 heteroatoms. The molecule has 0 aliphatic rings. The van der Waals surface area contributed by atoms with Crippen LogP contribution >= 0.6 is 11.3 Å². The van der Waals surface area contributed by atoms with Gasteiger partial charge in [0.05, 0.1) is 11.1 Å². The Balaban J connectivity index is 1.58. The van der Waals surface area contributed by atoms with Crippen molar-refractivity contribution in [2.75, 3.05) is 10.6 Å². The topological polar surface area (TPSA) is 106 Å². The molecule has 0 bridgehead atoms. The van der Waals surface area contributed by atoms with Gasteiger partial charge in [-0.1, -0.05) is 30.3 Å². The Morgan fingerprint density at radius 2 is 1.70 bits per heavy atom. The maximum Gasteiger partial charge on any atom is 0.278 e. The van der Waals surface area contributed by atoms with Gasteiger partial charge in [-0.3, -0.25) is 19.7 Å². The lowest BCUT2D eigenvalue weighted by atomic mass is 10.1. The van der Waals surface area contributed by atoms with Gasteiger partial charge in [0.2, 0.25) is 5.91 Å². The molecule has 0 saturated heterocycles. The van der Waals surface area contributed by atoms with Gasteiger partial charge < -0.3 is 5.32 Å². The van der Waals surface area contributed by atoms with E-state index in [9.17, 15) is 14.4 Å². The molecule has 4 rings (SSSR count). The van der Waals surface area contributed by atoms with Crippen LogP contribution in [0.5, 0.6) is 0 Å². The average molecular weight is 419 g/mol. The standard InChI is InChI=1S/C21H17N5O3S/c1-12(27)22-14-9-7-13(8-10-14)17-11-30-21(23-17)24-19(28)18-15-5-3-4-6-16(15)20(29)26(2)25-18/h3-11H,1-2H3,(H,22,27)(H,23,24,28). The van der Waals surface area contributed by atoms with E-state index in [1.165, 1.54) is 25.3 Å². The molecule has 0 aliphatic heterocycles. The Morgan fingerprint density at radius 3 is 2.40 bits per heavy atom. The fourth-order valence-corrected chi connectivity index (χ4v) is 3.73. The van der Waals surface area contributed by atoms with Crippen LogP contribution in [0, 0.1) is 0 Å². The largest absolute Gasteiger partial charge is 0.326 e. The second-order valence-electron chi connectivity index (χ2n) is 6.57. The van der Waals surface area contributed by atoms with Crippen molar-refractivity contribution < 1.29 is 9.59 Å². The summed E-state index contributed by atoms with van der Waals surface area (Å²) < 4.78 is 1.15. The van der Waals surface area contributed by atoms with Gasteiger partial charge in [-0.05, 0) is 18.2 Å². The van der Waals surface area contributed by atoms with E-state index >= 15 is 0 Å². The Hall–Kier alpha value is -3.85. The molecule has 0 spiro atoms. The number of aryl methyl sites for hydroxylation is 1. The quantitative estimate of drug-likeness (QED) is 0.528. The first kappa shape index (κ1) is 19.5. The molecule has 0 aliphatic carbocycles. The lowest BCUT2D eigenvalue weighted by molar-refractivity contribution is -0.114. The van der Waals surface area contributed by atoms with Gasteiger partial charge in [0.25, 0.3) is 11.5 Å². The van der Waals surface area contributed by atoms with Gasteiger partial charge in [0.1, 0.15) is 0 Å². The van der Waals surface area contributed by atoms with Crippen LogP contribution in [0.4, 0.5) is 10.8 Å². The smallest absolute Gasteiger partial charge is 0.278 e. The minimum atomic E-state index is -0.441. The third-order valence-electron chi connectivity index (χ3n) is 4.40. The molecule has 150 valence electrons. The maximum absolute atomic E-state index is 12.8. The number of benzene rings is 2. The molecule has 2 aromatic heterocycles. The SMILES string of the molecule is CC(=O)Nc1ccc(-c2csc(NC(=O)c3nn(C)c(=O)c4ccccc34)n2)cc1. The van der Waals surface area contributed by atoms with E-state index in [-0.39, 0.29) is 17.2 Å². The van der Waals surface area contributed by atoms with Crippen molar-refractivity contribution in [2.24, 2.45) is 7.05 Å². The van der Waals surface area contributed by atoms with Gasteiger partial charge >= 0.3 is 0 Å². The molecule has 4 aromatic rings. The summed E-state index contributed by atoms with van der Waals surface area (Å²) in [7, 11) is 1.51. The van der Waals surface area contributed by atoms with Gasteiger partial charge in [0, 0.05) is 36.0 Å². The normalized spacial score (nSPS) is 10.7. The van der Waals surface area contributed by atoms with E-state index < -0.39 is 5.91 Å². The van der Waals surface area contributed by atoms with Crippen LogP contribution in [0.1, 0.15) is 17.4 Å². The molecule has 0 saturated carbocycles. The predicted octanol–water partition coefficient (Wildman–Crippen LogP) is 3.27. The van der Waals surface area contributed by atoms with E-state index in [0.29, 0.717) is 27.3 Å². The fourth-order valence-electron chi connectivity index (χ4n) is 3.02. The first-order chi connectivity index (χ1) is 14.4. The summed E-state index contributed by atoms with van der Waals surface area (Å²) in [4.78, 5) is 40.6. The van der Waals surface area contributed by atoms with E-state index in [1.807, 2.05) is 17.5 Å². The van der Waals surface area contributed by atoms with Crippen molar-refractivity contribution in [2.45, 2.75) is 6.92 Å². The second kappa shape index (κ2) is 7.88. The zero-order valence-electron chi connectivity index (χ0n) is 16.2. The Labute approximate surface area is 175 Å². The molecule has 30 heavy (non-hydrogen) atoms. The number of carbonyl (C=O) groups excluding carboxylic acids is 2. The van der Waals surface area contributed by atoms with E-state index in [0.717, 1.165) is 10.2 Å². The van der Waals surface area contributed by atoms with Crippen LogP contribution in [0.2, 0.25) is 0 Å². The molecule has 2 heterocycles. The number of aromatic nitrogens is 3. The summed E-state index contributed by atoms with van der Waals surface area (Å²) >= 11 is 1.29. The molecule has 8 nitrogen and oxygen atoms in total. The Kier molecular flexibility index (Phi) is 5.11. The zero-order valence-corrected chi connectivity index (χ0v) is 17.0. The second-order valence-corrected chi connectivity index (χ2v) is 7.43. The first-order valence-electron chi connectivity index (χ1n) is 9.03. The van der Waals surface area contributed by atoms with Crippen LogP contribution in [-0.2, 0) is 11.8 Å². The fraction of sp³-hybridized carbons (Fsp3) is 0.0952. The number of amides is 2. The molecule has 2 amide bonds. The Bertz CT molecular complexity index is 1320. The van der Waals surface area contributed by atoms with Gasteiger partial charge in [0.15, 0.2) is 10.8 Å². The highest BCUT2D eigenvalue weighted by molar-refractivity contribution is 7.14. The van der Waals surface area contributed by atoms with Gasteiger partial charge in [-0.2, -0.15) is 5.10 Å². The molecule has 0 unspecified atom stereocenters. The molecular formula is C21H17N5O3S. The Morgan fingerprint density at radius 1 is 1.00 bits per heavy atom. The van der Waals surface area contributed by atoms with Crippen LogP contribution in [-0.4, -0.2) is 26.6 Å². The van der Waals surface area contributed by atoms with E-state index in [4.69, 9.17) is 0 Å². The third-order valence-corrected chi connectivity index (χ3v) is 5.15. The van der Waals surface area contributed by atoms with E-state index in [1.54, 1.807) is 36.4 Å². The number of hydrogen-bond donors (Lipinski definition) is 2. The van der Waals surface area contributed by atoms with Gasteiger partial charge in [-0.25, -0.2) is 9.67 Å². The molecular weight excluding hydrogens is 402 g/mol. The number of hydrogen-bond acceptors (Lipinski definition) is 6. The van der Waals surface area contributed by atoms with Crippen LogP contribution in [0.3, 0.4) is 0 Å². The van der Waals surface area contributed by atoms with Crippen molar-refractivity contribution in [3.8, 4) is 11.3 Å². The molecule has 0 fully saturated rings. The molecule has 2 aromatic carbocycles. The lowest BCUT2D eigenvalue weighted by Crippen LogP contribution is -2.25. The van der Waals surface area contributed by atoms with Crippen molar-refractivity contribution >= 4 is 44.7 Å². The zero-order chi connectivity index (χ0) is 21.3. The molecule has 0 radical (unpaired) electrons. The summed E-state index contributed by atoms with van der Waals surface area (Å²) in [5.41, 5.74) is 2.14. The summed E-state index contributed by atoms with van der Waals surface area (Å²) in [5, 5.41) is 12.8. The number of nitrogens with one attached hydrogen (secondary N) is 2. The van der Waals surface area contributed by atoms with Crippen LogP contribution in [0.15, 0.2) is 58.7 Å². The maximum atomic E-state index is 12.8. The monoisotopic (exact) mass is 419 g/mol. The summed E-state index contributed by atoms with van der Waals surface area (Å²) in [6.45, 7) is 1.45. The first-order valence-corrected chi connectivity index (χ1v) is 9.91. The van der Waals surface area contributed by atoms with Crippen molar-refractivity contribution in [1.29, 1.82) is 0 Å². The summed E-state index contributed by atoms with van der Waals surface area (Å²) in [5.74, 6) is -0.579. The highest BCUT2D eigenvalue weighted by atomic mass is 32.1. The van der Waals surface area contributed by atoms with Crippen molar-refractivity contribution in [3.05, 3.63) is 70.0 Å². The van der Waals surface area contributed by atoms with Crippen molar-refractivity contribution in [3.63, 3.8) is 0 Å². The average Bonchev–Trinajstić information content (AvgIpc) is 3.19. The minimum absolute atomic E-state index is 0.138. The van der Waals surface area contributed by atoms with Crippen LogP contribution < -0.4 is 16.2 Å². The number of carbonyl (C=O) groups is 2. The number of fused-ring (bicyclic) bond motifs is 1. The highest BCUT2D eigenvalue weighted by Gasteiger charge is 2.17. The third kappa shape index (κ3) is 3.83. The summed E-state index contributed by atoms with van der Waals surface area (Å²) in [6, 6.07) is 14.1. The number of rotatable bonds is 4. The number of nitrogens with zero attached hydrogens (tertiary/aromatic N) is 3. The van der Waals surface area contributed by atoms with Crippen molar-refractivity contribution in [1.82, 2.24) is 14.8 Å². The lowest BCUT2D eigenvalue weighted by Gasteiger charge is -2.07. The molecule has 2 N–H and O–H groups in total. The predicted molar refractivity (Wildman–Crippen MR) is 117 cm³/mol. The number of thiazole rings is 1. The highest BCUT2D eigenvalue weighted by Crippen LogP contribution is 2.26. The van der Waals surface area contributed by atoms with Gasteiger partial charge in [-0.15, -0.1) is 11.3 Å². The molecule has 0 atom stereocenters. The minimum Gasteiger partial charge on any atom is -0.326 e. The summed E-state index contributed by atoms with van der Waals surface area (Å²) in [6.07, 6.45) is 0.